The molecule has 2 N–H and O–H groups in total. The normalized spacial score (nSPS) is 12.1. The highest BCUT2D eigenvalue weighted by Crippen LogP contribution is 2.16. The summed E-state index contributed by atoms with van der Waals surface area (Å²) < 4.78 is 0. The molecule has 0 aliphatic heterocycles. The molecule has 3 aromatic rings. The Balaban J connectivity index is 1.56. The van der Waals surface area contributed by atoms with Gasteiger partial charge in [0.2, 0.25) is 5.91 Å². The number of nitrogens with zero attached hydrogens (tertiary/aromatic N) is 1. The number of hydrogen-bond donors (Lipinski definition) is 2. The number of aryl methyl sites for hydroxylation is 2. The number of aromatic nitrogens is 2. The van der Waals surface area contributed by atoms with E-state index in [1.54, 1.807) is 0 Å². The van der Waals surface area contributed by atoms with Gasteiger partial charge in [0.25, 0.3) is 0 Å². The number of aromatic amines is 1. The molecule has 1 heterocycles. The zero-order chi connectivity index (χ0) is 18.7. The van der Waals surface area contributed by atoms with Crippen LogP contribution in [-0.2, 0) is 4.79 Å². The zero-order valence-corrected chi connectivity index (χ0v) is 15.3. The number of rotatable bonds is 6. The van der Waals surface area contributed by atoms with Gasteiger partial charge in [-0.15, -0.1) is 0 Å². The lowest BCUT2D eigenvalue weighted by Gasteiger charge is -2.11. The van der Waals surface area contributed by atoms with Crippen molar-refractivity contribution in [2.24, 2.45) is 0 Å². The molecule has 0 bridgehead atoms. The van der Waals surface area contributed by atoms with Crippen molar-refractivity contribution in [2.45, 2.75) is 39.7 Å². The molecule has 134 valence electrons. The summed E-state index contributed by atoms with van der Waals surface area (Å²) in [5.74, 6) is 0.537. The van der Waals surface area contributed by atoms with Gasteiger partial charge in [0.1, 0.15) is 5.82 Å². The van der Waals surface area contributed by atoms with E-state index < -0.39 is 0 Å². The van der Waals surface area contributed by atoms with Gasteiger partial charge in [-0.3, -0.25) is 9.59 Å². The van der Waals surface area contributed by atoms with Gasteiger partial charge >= 0.3 is 0 Å². The third-order valence-electron chi connectivity index (χ3n) is 4.60. The monoisotopic (exact) mass is 349 g/mol. The van der Waals surface area contributed by atoms with Gasteiger partial charge in [0.05, 0.1) is 17.1 Å². The first-order chi connectivity index (χ1) is 12.4. The molecule has 0 fully saturated rings. The molecule has 0 radical (unpaired) electrons. The van der Waals surface area contributed by atoms with Crippen LogP contribution in [0, 0.1) is 13.8 Å². The molecule has 5 nitrogen and oxygen atoms in total. The van der Waals surface area contributed by atoms with Crippen LogP contribution >= 0.6 is 0 Å². The third kappa shape index (κ3) is 3.99. The molecule has 3 rings (SSSR count). The van der Waals surface area contributed by atoms with Crippen LogP contribution in [0.5, 0.6) is 0 Å². The standard InChI is InChI=1S/C21H23N3O2/c1-13-8-9-16(12-14(13)2)19(25)10-11-20(26)22-15(3)21-23-17-6-4-5-7-18(17)24-21/h4-9,12,15H,10-11H2,1-3H3,(H,22,26)(H,23,24)/t15-/m0/s1. The maximum atomic E-state index is 12.3. The Morgan fingerprint density at radius 1 is 1.08 bits per heavy atom. The molecular formula is C21H23N3O2. The van der Waals surface area contributed by atoms with Crippen LogP contribution in [0.25, 0.3) is 11.0 Å². The van der Waals surface area contributed by atoms with Gasteiger partial charge in [-0.25, -0.2) is 4.98 Å². The Hall–Kier alpha value is -2.95. The van der Waals surface area contributed by atoms with Crippen molar-refractivity contribution in [3.05, 3.63) is 65.0 Å². The predicted molar refractivity (Wildman–Crippen MR) is 102 cm³/mol. The van der Waals surface area contributed by atoms with E-state index in [1.807, 2.05) is 63.2 Å². The van der Waals surface area contributed by atoms with Gasteiger partial charge in [-0.2, -0.15) is 0 Å². The highest BCUT2D eigenvalue weighted by molar-refractivity contribution is 5.98. The van der Waals surface area contributed by atoms with Crippen molar-refractivity contribution < 1.29 is 9.59 Å². The molecule has 1 amide bonds. The summed E-state index contributed by atoms with van der Waals surface area (Å²) in [5.41, 5.74) is 4.70. The van der Waals surface area contributed by atoms with Gasteiger partial charge in [-0.1, -0.05) is 24.3 Å². The minimum Gasteiger partial charge on any atom is -0.346 e. The van der Waals surface area contributed by atoms with E-state index in [4.69, 9.17) is 0 Å². The number of H-pyrrole nitrogens is 1. The van der Waals surface area contributed by atoms with Crippen molar-refractivity contribution in [3.8, 4) is 0 Å². The number of ketones is 1. The quantitative estimate of drug-likeness (QED) is 0.660. The second kappa shape index (κ2) is 7.52. The molecule has 0 saturated heterocycles. The number of hydrogen-bond acceptors (Lipinski definition) is 3. The minimum atomic E-state index is -0.244. The molecule has 1 aromatic heterocycles. The summed E-state index contributed by atoms with van der Waals surface area (Å²) in [6, 6.07) is 13.1. The fourth-order valence-corrected chi connectivity index (χ4v) is 2.85. The van der Waals surface area contributed by atoms with Gasteiger partial charge in [-0.05, 0) is 50.1 Å². The molecule has 0 aliphatic rings. The number of para-hydroxylation sites is 2. The average molecular weight is 349 g/mol. The molecule has 2 aromatic carbocycles. The second-order valence-corrected chi connectivity index (χ2v) is 6.65. The first-order valence-electron chi connectivity index (χ1n) is 8.78. The SMILES string of the molecule is Cc1ccc(C(=O)CCC(=O)N[C@@H](C)c2nc3ccccc3[nH]2)cc1C. The van der Waals surface area contributed by atoms with Crippen molar-refractivity contribution in [2.75, 3.05) is 0 Å². The maximum absolute atomic E-state index is 12.3. The Kier molecular flexibility index (Phi) is 5.16. The lowest BCUT2D eigenvalue weighted by molar-refractivity contribution is -0.121. The Morgan fingerprint density at radius 2 is 1.85 bits per heavy atom. The summed E-state index contributed by atoms with van der Waals surface area (Å²) in [4.78, 5) is 32.2. The van der Waals surface area contributed by atoms with E-state index >= 15 is 0 Å². The average Bonchev–Trinajstić information content (AvgIpc) is 3.06. The molecule has 0 aliphatic carbocycles. The zero-order valence-electron chi connectivity index (χ0n) is 15.3. The van der Waals surface area contributed by atoms with Gasteiger partial charge in [0, 0.05) is 18.4 Å². The van der Waals surface area contributed by atoms with Crippen LogP contribution in [-0.4, -0.2) is 21.7 Å². The Bertz CT molecular complexity index is 926. The minimum absolute atomic E-state index is 0.0142. The summed E-state index contributed by atoms with van der Waals surface area (Å²) in [6.45, 7) is 5.87. The molecule has 0 unspecified atom stereocenters. The maximum Gasteiger partial charge on any atom is 0.221 e. The molecule has 0 saturated carbocycles. The highest BCUT2D eigenvalue weighted by Gasteiger charge is 2.15. The highest BCUT2D eigenvalue weighted by atomic mass is 16.2. The lowest BCUT2D eigenvalue weighted by atomic mass is 10.0. The van der Waals surface area contributed by atoms with Crippen LogP contribution in [0.4, 0.5) is 0 Å². The van der Waals surface area contributed by atoms with Gasteiger partial charge < -0.3 is 10.3 Å². The van der Waals surface area contributed by atoms with Crippen LogP contribution in [0.15, 0.2) is 42.5 Å². The smallest absolute Gasteiger partial charge is 0.221 e. The van der Waals surface area contributed by atoms with E-state index in [0.29, 0.717) is 11.4 Å². The number of nitrogens with one attached hydrogen (secondary N) is 2. The summed E-state index contributed by atoms with van der Waals surface area (Å²) in [7, 11) is 0. The fourth-order valence-electron chi connectivity index (χ4n) is 2.85. The van der Waals surface area contributed by atoms with E-state index in [-0.39, 0.29) is 30.6 Å². The largest absolute Gasteiger partial charge is 0.346 e. The third-order valence-corrected chi connectivity index (χ3v) is 4.60. The molecule has 5 heteroatoms. The number of carbonyl (C=O) groups is 2. The van der Waals surface area contributed by atoms with Crippen LogP contribution in [0.3, 0.4) is 0 Å². The molecule has 1 atom stereocenters. The van der Waals surface area contributed by atoms with E-state index in [2.05, 4.69) is 15.3 Å². The van der Waals surface area contributed by atoms with E-state index in [0.717, 1.165) is 22.2 Å². The number of Topliss-reactive ketones (excluding diaryl/α,β-unsaturated/α-hetero) is 1. The summed E-state index contributed by atoms with van der Waals surface area (Å²) in [5, 5.41) is 2.90. The number of benzene rings is 2. The van der Waals surface area contributed by atoms with Crippen molar-refractivity contribution in [1.29, 1.82) is 0 Å². The summed E-state index contributed by atoms with van der Waals surface area (Å²) >= 11 is 0. The number of amides is 1. The number of fused-ring (bicyclic) bond motifs is 1. The second-order valence-electron chi connectivity index (χ2n) is 6.65. The Morgan fingerprint density at radius 3 is 2.58 bits per heavy atom. The van der Waals surface area contributed by atoms with E-state index in [9.17, 15) is 9.59 Å². The molecular weight excluding hydrogens is 326 g/mol. The first-order valence-corrected chi connectivity index (χ1v) is 8.78. The number of carbonyl (C=O) groups excluding carboxylic acids is 2. The van der Waals surface area contributed by atoms with Crippen LogP contribution < -0.4 is 5.32 Å². The Labute approximate surface area is 152 Å². The summed E-state index contributed by atoms with van der Waals surface area (Å²) in [6.07, 6.45) is 0.359. The van der Waals surface area contributed by atoms with Crippen molar-refractivity contribution in [3.63, 3.8) is 0 Å². The molecule has 0 spiro atoms. The van der Waals surface area contributed by atoms with Gasteiger partial charge in [0.15, 0.2) is 5.78 Å². The number of imidazole rings is 1. The van der Waals surface area contributed by atoms with E-state index in [1.165, 1.54) is 0 Å². The van der Waals surface area contributed by atoms with Crippen LogP contribution in [0.1, 0.15) is 53.1 Å². The lowest BCUT2D eigenvalue weighted by Crippen LogP contribution is -2.27. The molecule has 26 heavy (non-hydrogen) atoms. The predicted octanol–water partition coefficient (Wildman–Crippen LogP) is 4.02. The van der Waals surface area contributed by atoms with Crippen molar-refractivity contribution >= 4 is 22.7 Å². The topological polar surface area (TPSA) is 74.8 Å². The first kappa shape index (κ1) is 17.9. The van der Waals surface area contributed by atoms with Crippen LogP contribution in [0.2, 0.25) is 0 Å². The van der Waals surface area contributed by atoms with Crippen molar-refractivity contribution in [1.82, 2.24) is 15.3 Å². The fraction of sp³-hybridized carbons (Fsp3) is 0.286.